The van der Waals surface area contributed by atoms with Crippen molar-refractivity contribution in [2.24, 2.45) is 0 Å². The molecule has 0 unspecified atom stereocenters. The highest BCUT2D eigenvalue weighted by atomic mass is 32.1. The maximum absolute atomic E-state index is 12.6. The van der Waals surface area contributed by atoms with E-state index in [1.165, 1.54) is 11.3 Å². The molecule has 3 heterocycles. The number of thiophene rings is 1. The van der Waals surface area contributed by atoms with E-state index in [-0.39, 0.29) is 17.9 Å². The topological polar surface area (TPSA) is 71.5 Å². The van der Waals surface area contributed by atoms with Gasteiger partial charge in [0.2, 0.25) is 0 Å². The van der Waals surface area contributed by atoms with Crippen LogP contribution in [0.2, 0.25) is 0 Å². The number of hydrogen-bond donors (Lipinski definition) is 1. The zero-order valence-corrected chi connectivity index (χ0v) is 14.2. The van der Waals surface area contributed by atoms with Gasteiger partial charge in [0.15, 0.2) is 0 Å². The number of piperidine rings is 1. The van der Waals surface area contributed by atoms with Crippen molar-refractivity contribution in [2.75, 3.05) is 20.2 Å². The molecule has 2 amide bonds. The van der Waals surface area contributed by atoms with Crippen molar-refractivity contribution < 1.29 is 14.3 Å². The number of hydrogen-bond acceptors (Lipinski definition) is 5. The van der Waals surface area contributed by atoms with E-state index in [0.717, 1.165) is 12.8 Å². The third kappa shape index (κ3) is 3.56. The van der Waals surface area contributed by atoms with Gasteiger partial charge in [0.1, 0.15) is 10.6 Å². The Morgan fingerprint density at radius 3 is 2.62 bits per heavy atom. The van der Waals surface area contributed by atoms with Crippen LogP contribution in [0, 0.1) is 0 Å². The van der Waals surface area contributed by atoms with Crippen molar-refractivity contribution in [3.05, 3.63) is 46.4 Å². The van der Waals surface area contributed by atoms with Crippen molar-refractivity contribution in [3.63, 3.8) is 0 Å². The van der Waals surface area contributed by atoms with Gasteiger partial charge in [-0.05, 0) is 36.4 Å². The van der Waals surface area contributed by atoms with Gasteiger partial charge < -0.3 is 15.0 Å². The Hall–Kier alpha value is -2.41. The van der Waals surface area contributed by atoms with Crippen LogP contribution in [0.4, 0.5) is 0 Å². The number of likely N-dealkylation sites (tertiary alicyclic amines) is 1. The first-order valence-corrected chi connectivity index (χ1v) is 8.68. The van der Waals surface area contributed by atoms with E-state index in [0.29, 0.717) is 29.3 Å². The van der Waals surface area contributed by atoms with Crippen LogP contribution < -0.4 is 10.1 Å². The number of amides is 2. The minimum absolute atomic E-state index is 0.000704. The summed E-state index contributed by atoms with van der Waals surface area (Å²) in [5, 5.41) is 4.88. The zero-order valence-electron chi connectivity index (χ0n) is 13.4. The summed E-state index contributed by atoms with van der Waals surface area (Å²) in [6.07, 6.45) is 4.70. The number of ether oxygens (including phenoxy) is 1. The summed E-state index contributed by atoms with van der Waals surface area (Å²) < 4.78 is 5.22. The number of aromatic nitrogens is 1. The number of methoxy groups -OCH3 is 1. The molecular formula is C17H19N3O3S. The lowest BCUT2D eigenvalue weighted by atomic mass is 10.0. The molecule has 1 fully saturated rings. The molecule has 6 nitrogen and oxygen atoms in total. The molecule has 3 rings (SSSR count). The second kappa shape index (κ2) is 7.44. The molecule has 0 bridgehead atoms. The highest BCUT2D eigenvalue weighted by Gasteiger charge is 2.27. The lowest BCUT2D eigenvalue weighted by molar-refractivity contribution is 0.0700. The Labute approximate surface area is 144 Å². The second-order valence-corrected chi connectivity index (χ2v) is 6.51. The minimum Gasteiger partial charge on any atom is -0.495 e. The van der Waals surface area contributed by atoms with E-state index < -0.39 is 0 Å². The van der Waals surface area contributed by atoms with Crippen LogP contribution in [-0.4, -0.2) is 47.9 Å². The van der Waals surface area contributed by atoms with E-state index in [2.05, 4.69) is 10.3 Å². The van der Waals surface area contributed by atoms with Gasteiger partial charge in [-0.3, -0.25) is 14.6 Å². The number of carbonyl (C=O) groups is 2. The molecular weight excluding hydrogens is 326 g/mol. The number of nitrogens with zero attached hydrogens (tertiary/aromatic N) is 2. The van der Waals surface area contributed by atoms with Crippen LogP contribution in [0.15, 0.2) is 36.0 Å². The van der Waals surface area contributed by atoms with Crippen LogP contribution in [-0.2, 0) is 0 Å². The van der Waals surface area contributed by atoms with Gasteiger partial charge in [0.05, 0.1) is 7.11 Å². The Bertz CT molecular complexity index is 709. The first kappa shape index (κ1) is 16.4. The van der Waals surface area contributed by atoms with Crippen LogP contribution in [0.5, 0.6) is 5.75 Å². The normalized spacial score (nSPS) is 15.1. The standard InChI is InChI=1S/C17H19N3O3S/c1-23-14-6-11-24-15(14)17(22)20-9-4-13(5-10-20)19-16(21)12-2-7-18-8-3-12/h2-3,6-8,11,13H,4-5,9-10H2,1H3,(H,19,21). The lowest BCUT2D eigenvalue weighted by Crippen LogP contribution is -2.46. The second-order valence-electron chi connectivity index (χ2n) is 5.59. The molecule has 2 aromatic heterocycles. The van der Waals surface area contributed by atoms with Gasteiger partial charge in [0, 0.05) is 37.1 Å². The molecule has 7 heteroatoms. The van der Waals surface area contributed by atoms with Gasteiger partial charge >= 0.3 is 0 Å². The Kier molecular flexibility index (Phi) is 5.10. The summed E-state index contributed by atoms with van der Waals surface area (Å²) in [4.78, 5) is 31.1. The summed E-state index contributed by atoms with van der Waals surface area (Å²) in [5.41, 5.74) is 0.604. The van der Waals surface area contributed by atoms with E-state index in [1.54, 1.807) is 37.7 Å². The predicted octanol–water partition coefficient (Wildman–Crippen LogP) is 2.19. The number of carbonyl (C=O) groups excluding carboxylic acids is 2. The number of rotatable bonds is 4. The Morgan fingerprint density at radius 1 is 1.25 bits per heavy atom. The molecule has 0 atom stereocenters. The van der Waals surface area contributed by atoms with Gasteiger partial charge in [0.25, 0.3) is 11.8 Å². The van der Waals surface area contributed by atoms with Crippen molar-refractivity contribution in [2.45, 2.75) is 18.9 Å². The van der Waals surface area contributed by atoms with Gasteiger partial charge in [-0.1, -0.05) is 0 Å². The number of pyridine rings is 1. The summed E-state index contributed by atoms with van der Waals surface area (Å²) in [6, 6.07) is 5.27. The molecule has 0 saturated carbocycles. The molecule has 24 heavy (non-hydrogen) atoms. The van der Waals surface area contributed by atoms with E-state index in [1.807, 2.05) is 10.3 Å². The quantitative estimate of drug-likeness (QED) is 0.922. The van der Waals surface area contributed by atoms with Gasteiger partial charge in [-0.2, -0.15) is 0 Å². The first-order valence-electron chi connectivity index (χ1n) is 7.80. The third-order valence-electron chi connectivity index (χ3n) is 4.10. The SMILES string of the molecule is COc1ccsc1C(=O)N1CCC(NC(=O)c2ccncc2)CC1. The maximum atomic E-state index is 12.6. The summed E-state index contributed by atoms with van der Waals surface area (Å²) in [7, 11) is 1.57. The van der Waals surface area contributed by atoms with E-state index in [9.17, 15) is 9.59 Å². The smallest absolute Gasteiger partial charge is 0.267 e. The largest absolute Gasteiger partial charge is 0.495 e. The molecule has 1 saturated heterocycles. The molecule has 1 N–H and O–H groups in total. The van der Waals surface area contributed by atoms with Crippen molar-refractivity contribution >= 4 is 23.2 Å². The van der Waals surface area contributed by atoms with Crippen molar-refractivity contribution in [1.82, 2.24) is 15.2 Å². The zero-order chi connectivity index (χ0) is 16.9. The predicted molar refractivity (Wildman–Crippen MR) is 91.5 cm³/mol. The van der Waals surface area contributed by atoms with Crippen LogP contribution in [0.25, 0.3) is 0 Å². The number of nitrogens with one attached hydrogen (secondary N) is 1. The van der Waals surface area contributed by atoms with Gasteiger partial charge in [-0.15, -0.1) is 11.3 Å². The third-order valence-corrected chi connectivity index (χ3v) is 4.99. The molecule has 1 aliphatic heterocycles. The van der Waals surface area contributed by atoms with Crippen molar-refractivity contribution in [1.29, 1.82) is 0 Å². The fraction of sp³-hybridized carbons (Fsp3) is 0.353. The molecule has 126 valence electrons. The molecule has 2 aromatic rings. The Balaban J connectivity index is 1.54. The fourth-order valence-corrected chi connectivity index (χ4v) is 3.58. The van der Waals surface area contributed by atoms with Crippen LogP contribution in [0.3, 0.4) is 0 Å². The average Bonchev–Trinajstić information content (AvgIpc) is 3.11. The molecule has 0 aliphatic carbocycles. The molecule has 0 aromatic carbocycles. The van der Waals surface area contributed by atoms with Crippen molar-refractivity contribution in [3.8, 4) is 5.75 Å². The molecule has 0 radical (unpaired) electrons. The van der Waals surface area contributed by atoms with Crippen LogP contribution >= 0.6 is 11.3 Å². The first-order chi connectivity index (χ1) is 11.7. The highest BCUT2D eigenvalue weighted by molar-refractivity contribution is 7.12. The van der Waals surface area contributed by atoms with Gasteiger partial charge in [-0.25, -0.2) is 0 Å². The highest BCUT2D eigenvalue weighted by Crippen LogP contribution is 2.27. The average molecular weight is 345 g/mol. The minimum atomic E-state index is -0.0953. The molecule has 1 aliphatic rings. The Morgan fingerprint density at radius 2 is 1.96 bits per heavy atom. The van der Waals surface area contributed by atoms with Crippen LogP contribution in [0.1, 0.15) is 32.9 Å². The fourth-order valence-electron chi connectivity index (χ4n) is 2.76. The van der Waals surface area contributed by atoms with E-state index in [4.69, 9.17) is 4.74 Å². The summed E-state index contributed by atoms with van der Waals surface area (Å²) in [5.74, 6) is 0.529. The lowest BCUT2D eigenvalue weighted by Gasteiger charge is -2.32. The summed E-state index contributed by atoms with van der Waals surface area (Å²) in [6.45, 7) is 1.25. The maximum Gasteiger partial charge on any atom is 0.267 e. The monoisotopic (exact) mass is 345 g/mol. The molecule has 0 spiro atoms. The summed E-state index contributed by atoms with van der Waals surface area (Å²) >= 11 is 1.39. The van der Waals surface area contributed by atoms with E-state index >= 15 is 0 Å².